The van der Waals surface area contributed by atoms with Gasteiger partial charge in [-0.25, -0.2) is 8.42 Å². The first-order chi connectivity index (χ1) is 9.13. The van der Waals surface area contributed by atoms with E-state index < -0.39 is 9.84 Å². The predicted octanol–water partition coefficient (Wildman–Crippen LogP) is 3.25. The lowest BCUT2D eigenvalue weighted by atomic mass is 9.94. The Hall–Kier alpha value is -1.29. The van der Waals surface area contributed by atoms with E-state index in [2.05, 4.69) is 17.5 Å². The second-order valence-corrected chi connectivity index (χ2v) is 7.18. The van der Waals surface area contributed by atoms with Gasteiger partial charge in [-0.15, -0.1) is 0 Å². The number of anilines is 1. The molecule has 0 saturated heterocycles. The number of sulfone groups is 1. The Kier molecular flexibility index (Phi) is 4.64. The highest BCUT2D eigenvalue weighted by Crippen LogP contribution is 2.24. The molecule has 0 fully saturated rings. The predicted molar refractivity (Wildman–Crippen MR) is 79.1 cm³/mol. The number of nitrogens with one attached hydrogen (secondary N) is 1. The topological polar surface area (TPSA) is 46.2 Å². The van der Waals surface area contributed by atoms with E-state index in [1.165, 1.54) is 6.42 Å². The van der Waals surface area contributed by atoms with Crippen molar-refractivity contribution in [3.05, 3.63) is 36.4 Å². The maximum Gasteiger partial charge on any atom is 0.180 e. The Morgan fingerprint density at radius 2 is 2.05 bits per heavy atom. The van der Waals surface area contributed by atoms with E-state index in [9.17, 15) is 8.42 Å². The van der Waals surface area contributed by atoms with Crippen molar-refractivity contribution in [1.82, 2.24) is 0 Å². The summed E-state index contributed by atoms with van der Waals surface area (Å²) in [6.45, 7) is 2.51. The van der Waals surface area contributed by atoms with Crippen molar-refractivity contribution in [3.63, 3.8) is 0 Å². The molecule has 19 heavy (non-hydrogen) atoms. The third kappa shape index (κ3) is 3.60. The smallest absolute Gasteiger partial charge is 0.180 e. The van der Waals surface area contributed by atoms with E-state index >= 15 is 0 Å². The van der Waals surface area contributed by atoms with E-state index in [1.54, 1.807) is 19.1 Å². The average molecular weight is 279 g/mol. The van der Waals surface area contributed by atoms with Gasteiger partial charge in [0.15, 0.2) is 9.84 Å². The summed E-state index contributed by atoms with van der Waals surface area (Å²) in [5, 5.41) is 3.31. The van der Waals surface area contributed by atoms with Crippen molar-refractivity contribution in [3.8, 4) is 0 Å². The van der Waals surface area contributed by atoms with Crippen LogP contribution in [0.1, 0.15) is 26.2 Å². The fraction of sp³-hybridized carbons (Fsp3) is 0.467. The summed E-state index contributed by atoms with van der Waals surface area (Å²) in [6, 6.07) is 7.18. The van der Waals surface area contributed by atoms with Crippen molar-refractivity contribution in [2.45, 2.75) is 31.1 Å². The van der Waals surface area contributed by atoms with Gasteiger partial charge in [-0.2, -0.15) is 0 Å². The van der Waals surface area contributed by atoms with Crippen molar-refractivity contribution >= 4 is 15.5 Å². The lowest BCUT2D eigenvalue weighted by Gasteiger charge is -2.20. The summed E-state index contributed by atoms with van der Waals surface area (Å²) in [5.41, 5.74) is 0.735. The van der Waals surface area contributed by atoms with Crippen LogP contribution < -0.4 is 5.32 Å². The van der Waals surface area contributed by atoms with Gasteiger partial charge in [-0.3, -0.25) is 0 Å². The Bertz CT molecular complexity index is 549. The van der Waals surface area contributed by atoms with E-state index in [0.29, 0.717) is 10.8 Å². The molecule has 0 spiro atoms. The fourth-order valence-corrected chi connectivity index (χ4v) is 3.41. The molecule has 1 aliphatic carbocycles. The molecule has 1 atom stereocenters. The largest absolute Gasteiger partial charge is 0.384 e. The molecular weight excluding hydrogens is 258 g/mol. The summed E-state index contributed by atoms with van der Waals surface area (Å²) >= 11 is 0. The van der Waals surface area contributed by atoms with Gasteiger partial charge in [-0.1, -0.05) is 31.2 Å². The Morgan fingerprint density at radius 3 is 2.74 bits per heavy atom. The van der Waals surface area contributed by atoms with Gasteiger partial charge in [0.2, 0.25) is 0 Å². The molecule has 1 N–H and O–H groups in total. The second kappa shape index (κ2) is 6.24. The SMILES string of the molecule is CCS(=O)(=O)c1ccccc1NCC1CC=CCC1. The highest BCUT2D eigenvalue weighted by atomic mass is 32.2. The highest BCUT2D eigenvalue weighted by Gasteiger charge is 2.17. The van der Waals surface area contributed by atoms with Crippen LogP contribution in [0.2, 0.25) is 0 Å². The third-order valence-corrected chi connectivity index (χ3v) is 5.35. The van der Waals surface area contributed by atoms with E-state index in [0.717, 1.165) is 25.1 Å². The monoisotopic (exact) mass is 279 g/mol. The summed E-state index contributed by atoms with van der Waals surface area (Å²) in [5.74, 6) is 0.736. The first kappa shape index (κ1) is 14.1. The van der Waals surface area contributed by atoms with Crippen LogP contribution in [-0.4, -0.2) is 20.7 Å². The first-order valence-electron chi connectivity index (χ1n) is 6.84. The van der Waals surface area contributed by atoms with Gasteiger partial charge in [0.05, 0.1) is 16.3 Å². The van der Waals surface area contributed by atoms with Crippen LogP contribution in [0.3, 0.4) is 0 Å². The van der Waals surface area contributed by atoms with Crippen molar-refractivity contribution < 1.29 is 8.42 Å². The summed E-state index contributed by atoms with van der Waals surface area (Å²) in [7, 11) is -3.16. The normalized spacial score (nSPS) is 19.3. The molecule has 0 aliphatic heterocycles. The minimum atomic E-state index is -3.16. The molecule has 1 aromatic carbocycles. The van der Waals surface area contributed by atoms with Crippen LogP contribution in [0.25, 0.3) is 0 Å². The zero-order valence-electron chi connectivity index (χ0n) is 11.3. The van der Waals surface area contributed by atoms with E-state index in [1.807, 2.05) is 12.1 Å². The van der Waals surface area contributed by atoms with Crippen LogP contribution >= 0.6 is 0 Å². The molecule has 1 aromatic rings. The summed E-state index contributed by atoms with van der Waals surface area (Å²) in [4.78, 5) is 0.420. The zero-order valence-corrected chi connectivity index (χ0v) is 12.1. The minimum absolute atomic E-state index is 0.137. The molecule has 2 rings (SSSR count). The number of para-hydroxylation sites is 1. The molecule has 0 aromatic heterocycles. The molecular formula is C15H21NO2S. The molecule has 0 heterocycles. The number of hydrogen-bond donors (Lipinski definition) is 1. The zero-order chi connectivity index (χ0) is 13.7. The third-order valence-electron chi connectivity index (χ3n) is 3.56. The number of benzene rings is 1. The number of rotatable bonds is 5. The maximum absolute atomic E-state index is 12.0. The quantitative estimate of drug-likeness (QED) is 0.842. The Balaban J connectivity index is 2.10. The molecule has 4 heteroatoms. The molecule has 1 unspecified atom stereocenters. The van der Waals surface area contributed by atoms with Crippen LogP contribution in [-0.2, 0) is 9.84 Å². The standard InChI is InChI=1S/C15H21NO2S/c1-2-19(17,18)15-11-7-6-10-14(15)16-12-13-8-4-3-5-9-13/h3-4,6-7,10-11,13,16H,2,5,8-9,12H2,1H3. The van der Waals surface area contributed by atoms with Gasteiger partial charge in [0.1, 0.15) is 0 Å². The fourth-order valence-electron chi connectivity index (χ4n) is 2.34. The van der Waals surface area contributed by atoms with Crippen molar-refractivity contribution in [2.75, 3.05) is 17.6 Å². The Labute approximate surface area is 115 Å². The van der Waals surface area contributed by atoms with Crippen LogP contribution in [0.5, 0.6) is 0 Å². The summed E-state index contributed by atoms with van der Waals surface area (Å²) in [6.07, 6.45) is 7.81. The van der Waals surface area contributed by atoms with Gasteiger partial charge < -0.3 is 5.32 Å². The molecule has 3 nitrogen and oxygen atoms in total. The highest BCUT2D eigenvalue weighted by molar-refractivity contribution is 7.91. The Morgan fingerprint density at radius 1 is 1.26 bits per heavy atom. The van der Waals surface area contributed by atoms with Crippen LogP contribution in [0, 0.1) is 5.92 Å². The molecule has 0 amide bonds. The van der Waals surface area contributed by atoms with Gasteiger partial charge in [0, 0.05) is 6.54 Å². The minimum Gasteiger partial charge on any atom is -0.384 e. The van der Waals surface area contributed by atoms with Gasteiger partial charge in [0.25, 0.3) is 0 Å². The molecule has 0 saturated carbocycles. The van der Waals surface area contributed by atoms with Gasteiger partial charge in [-0.05, 0) is 37.3 Å². The molecule has 1 aliphatic rings. The lowest BCUT2D eigenvalue weighted by Crippen LogP contribution is -2.17. The maximum atomic E-state index is 12.0. The summed E-state index contributed by atoms with van der Waals surface area (Å²) < 4.78 is 24.0. The van der Waals surface area contributed by atoms with E-state index in [-0.39, 0.29) is 5.75 Å². The molecule has 104 valence electrons. The second-order valence-electron chi connectivity index (χ2n) is 4.93. The molecule has 0 radical (unpaired) electrons. The van der Waals surface area contributed by atoms with E-state index in [4.69, 9.17) is 0 Å². The number of hydrogen-bond acceptors (Lipinski definition) is 3. The average Bonchev–Trinajstić information content (AvgIpc) is 2.46. The number of allylic oxidation sites excluding steroid dienone is 2. The van der Waals surface area contributed by atoms with Gasteiger partial charge >= 0.3 is 0 Å². The molecule has 0 bridgehead atoms. The first-order valence-corrected chi connectivity index (χ1v) is 8.49. The lowest BCUT2D eigenvalue weighted by molar-refractivity contribution is 0.504. The van der Waals surface area contributed by atoms with Crippen LogP contribution in [0.4, 0.5) is 5.69 Å². The van der Waals surface area contributed by atoms with Crippen LogP contribution in [0.15, 0.2) is 41.3 Å². The van der Waals surface area contributed by atoms with Crippen molar-refractivity contribution in [2.24, 2.45) is 5.92 Å². The van der Waals surface area contributed by atoms with Crippen molar-refractivity contribution in [1.29, 1.82) is 0 Å².